The number of alkyl halides is 3. The fourth-order valence-corrected chi connectivity index (χ4v) is 3.14. The molecule has 3 aromatic rings. The van der Waals surface area contributed by atoms with E-state index in [2.05, 4.69) is 5.32 Å². The first-order chi connectivity index (χ1) is 13.5. The molecule has 5 nitrogen and oxygen atoms in total. The Kier molecular flexibility index (Phi) is 5.25. The highest BCUT2D eigenvalue weighted by Gasteiger charge is 2.34. The Balaban J connectivity index is 2.24. The molecule has 0 spiro atoms. The Labute approximate surface area is 163 Å². The van der Waals surface area contributed by atoms with Crippen LogP contribution in [0.15, 0.2) is 41.5 Å². The van der Waals surface area contributed by atoms with Gasteiger partial charge in [0.2, 0.25) is 5.91 Å². The summed E-state index contributed by atoms with van der Waals surface area (Å²) < 4.78 is 55.8. The minimum Gasteiger partial charge on any atom is -0.352 e. The average molecular weight is 409 g/mol. The van der Waals surface area contributed by atoms with E-state index in [1.54, 1.807) is 33.0 Å². The lowest BCUT2D eigenvalue weighted by atomic mass is 10.1. The van der Waals surface area contributed by atoms with E-state index in [4.69, 9.17) is 0 Å². The summed E-state index contributed by atoms with van der Waals surface area (Å²) in [6, 6.07) is 3.94. The third kappa shape index (κ3) is 4.18. The number of carbonyl (C=O) groups is 1. The summed E-state index contributed by atoms with van der Waals surface area (Å²) in [5.41, 5.74) is -0.880. The Morgan fingerprint density at radius 1 is 1.17 bits per heavy atom. The number of amides is 1. The van der Waals surface area contributed by atoms with Crippen LogP contribution in [-0.4, -0.2) is 20.9 Å². The fourth-order valence-electron chi connectivity index (χ4n) is 3.14. The van der Waals surface area contributed by atoms with Crippen LogP contribution in [0.1, 0.15) is 25.0 Å². The normalized spacial score (nSPS) is 12.0. The highest BCUT2D eigenvalue weighted by molar-refractivity contribution is 5.77. The lowest BCUT2D eigenvalue weighted by Crippen LogP contribution is -2.37. The van der Waals surface area contributed by atoms with Crippen LogP contribution in [0.5, 0.6) is 0 Å². The minimum absolute atomic E-state index is 0.0265. The molecule has 1 amide bonds. The van der Waals surface area contributed by atoms with Crippen LogP contribution in [0.2, 0.25) is 0 Å². The van der Waals surface area contributed by atoms with E-state index in [9.17, 15) is 27.2 Å². The second-order valence-corrected chi connectivity index (χ2v) is 7.13. The Bertz CT molecular complexity index is 1140. The number of aryl methyl sites for hydroxylation is 1. The highest BCUT2D eigenvalue weighted by Crippen LogP contribution is 2.34. The number of fused-ring (bicyclic) bond motifs is 1. The third-order valence-electron chi connectivity index (χ3n) is 4.32. The molecule has 0 aliphatic carbocycles. The summed E-state index contributed by atoms with van der Waals surface area (Å²) in [5, 5.41) is 2.65. The molecule has 1 aromatic carbocycles. The number of nitrogens with one attached hydrogen (secondary N) is 1. The molecule has 1 N–H and O–H groups in total. The molecular formula is C20H19F4N3O2. The Morgan fingerprint density at radius 2 is 1.86 bits per heavy atom. The van der Waals surface area contributed by atoms with Gasteiger partial charge >= 0.3 is 6.18 Å². The number of nitrogens with zero attached hydrogens (tertiary/aromatic N) is 2. The molecule has 154 valence electrons. The van der Waals surface area contributed by atoms with E-state index in [1.165, 1.54) is 10.6 Å². The van der Waals surface area contributed by atoms with E-state index >= 15 is 0 Å². The monoisotopic (exact) mass is 409 g/mol. The summed E-state index contributed by atoms with van der Waals surface area (Å²) in [5.74, 6) is -1.88. The molecule has 2 heterocycles. The van der Waals surface area contributed by atoms with E-state index in [-0.39, 0.29) is 29.4 Å². The van der Waals surface area contributed by atoms with Crippen molar-refractivity contribution in [2.45, 2.75) is 39.5 Å². The van der Waals surface area contributed by atoms with Crippen molar-refractivity contribution in [3.63, 3.8) is 0 Å². The number of hydrogen-bond donors (Lipinski definition) is 1. The number of aromatic nitrogens is 2. The SMILES string of the molecule is Cc1cc2c(=O)n(CC(=O)NC(C)C)c(-c3ccc(F)c(C(F)(F)F)c3)cn2c1. The second kappa shape index (κ2) is 7.38. The molecule has 0 atom stereocenters. The van der Waals surface area contributed by atoms with Crippen LogP contribution in [0.25, 0.3) is 16.8 Å². The van der Waals surface area contributed by atoms with E-state index in [0.29, 0.717) is 12.1 Å². The van der Waals surface area contributed by atoms with Gasteiger partial charge in [-0.2, -0.15) is 13.2 Å². The van der Waals surface area contributed by atoms with Gasteiger partial charge in [0.15, 0.2) is 0 Å². The largest absolute Gasteiger partial charge is 0.419 e. The van der Waals surface area contributed by atoms with Crippen molar-refractivity contribution in [1.29, 1.82) is 0 Å². The summed E-state index contributed by atoms with van der Waals surface area (Å²) >= 11 is 0. The van der Waals surface area contributed by atoms with Gasteiger partial charge in [-0.05, 0) is 50.6 Å². The number of hydrogen-bond acceptors (Lipinski definition) is 2. The summed E-state index contributed by atoms with van der Waals surface area (Å²) in [6.07, 6.45) is -1.79. The highest BCUT2D eigenvalue weighted by atomic mass is 19.4. The van der Waals surface area contributed by atoms with Gasteiger partial charge in [-0.1, -0.05) is 0 Å². The van der Waals surface area contributed by atoms with Crippen molar-refractivity contribution in [1.82, 2.24) is 14.3 Å². The molecule has 2 aromatic heterocycles. The predicted molar refractivity (Wildman–Crippen MR) is 100 cm³/mol. The minimum atomic E-state index is -4.89. The van der Waals surface area contributed by atoms with Gasteiger partial charge in [0, 0.05) is 24.0 Å². The lowest BCUT2D eigenvalue weighted by Gasteiger charge is -2.17. The molecule has 0 saturated heterocycles. The Morgan fingerprint density at radius 3 is 2.48 bits per heavy atom. The Hall–Kier alpha value is -3.10. The molecule has 29 heavy (non-hydrogen) atoms. The molecule has 0 radical (unpaired) electrons. The zero-order valence-corrected chi connectivity index (χ0v) is 16.0. The molecule has 0 fully saturated rings. The maximum Gasteiger partial charge on any atom is 0.419 e. The molecule has 0 unspecified atom stereocenters. The van der Waals surface area contributed by atoms with Crippen LogP contribution in [-0.2, 0) is 17.5 Å². The number of benzene rings is 1. The molecule has 3 rings (SSSR count). The van der Waals surface area contributed by atoms with E-state index in [1.807, 2.05) is 0 Å². The molecule has 0 saturated carbocycles. The zero-order chi connectivity index (χ0) is 21.5. The zero-order valence-electron chi connectivity index (χ0n) is 16.0. The topological polar surface area (TPSA) is 55.5 Å². The average Bonchev–Trinajstić information content (AvgIpc) is 2.97. The summed E-state index contributed by atoms with van der Waals surface area (Å²) in [7, 11) is 0. The number of halogens is 4. The van der Waals surface area contributed by atoms with E-state index in [0.717, 1.165) is 16.2 Å². The van der Waals surface area contributed by atoms with Crippen molar-refractivity contribution in [2.24, 2.45) is 0 Å². The molecule has 0 bridgehead atoms. The molecular weight excluding hydrogens is 390 g/mol. The first-order valence-corrected chi connectivity index (χ1v) is 8.86. The second-order valence-electron chi connectivity index (χ2n) is 7.13. The first-order valence-electron chi connectivity index (χ1n) is 8.86. The first kappa shape index (κ1) is 20.6. The molecule has 0 aliphatic rings. The van der Waals surface area contributed by atoms with Gasteiger partial charge < -0.3 is 9.72 Å². The lowest BCUT2D eigenvalue weighted by molar-refractivity contribution is -0.140. The van der Waals surface area contributed by atoms with Gasteiger partial charge in [-0.3, -0.25) is 14.2 Å². The molecule has 9 heteroatoms. The van der Waals surface area contributed by atoms with Gasteiger partial charge in [-0.25, -0.2) is 4.39 Å². The number of rotatable bonds is 4. The van der Waals surface area contributed by atoms with Crippen LogP contribution < -0.4 is 10.9 Å². The van der Waals surface area contributed by atoms with E-state index < -0.39 is 29.0 Å². The smallest absolute Gasteiger partial charge is 0.352 e. The van der Waals surface area contributed by atoms with Crippen molar-refractivity contribution in [2.75, 3.05) is 0 Å². The van der Waals surface area contributed by atoms with Gasteiger partial charge in [-0.15, -0.1) is 0 Å². The van der Waals surface area contributed by atoms with Crippen LogP contribution in [0, 0.1) is 12.7 Å². The fraction of sp³-hybridized carbons (Fsp3) is 0.300. The van der Waals surface area contributed by atoms with Crippen molar-refractivity contribution >= 4 is 11.4 Å². The van der Waals surface area contributed by atoms with Crippen molar-refractivity contribution < 1.29 is 22.4 Å². The van der Waals surface area contributed by atoms with Gasteiger partial charge in [0.25, 0.3) is 5.56 Å². The van der Waals surface area contributed by atoms with Crippen molar-refractivity contribution in [3.05, 3.63) is 64.0 Å². The number of carbonyl (C=O) groups excluding carboxylic acids is 1. The summed E-state index contributed by atoms with van der Waals surface area (Å²) in [4.78, 5) is 25.2. The molecule has 0 aliphatic heterocycles. The maximum absolute atomic E-state index is 13.7. The van der Waals surface area contributed by atoms with Gasteiger partial charge in [0.05, 0.1) is 11.3 Å². The van der Waals surface area contributed by atoms with Crippen LogP contribution in [0.3, 0.4) is 0 Å². The standard InChI is InChI=1S/C20H19F4N3O2/c1-11(2)25-18(28)10-27-17(9-26-8-12(3)6-16(26)19(27)29)13-4-5-15(21)14(7-13)20(22,23)24/h4-9,11H,10H2,1-3H3,(H,25,28). The third-order valence-corrected chi connectivity index (χ3v) is 4.32. The van der Waals surface area contributed by atoms with Crippen molar-refractivity contribution in [3.8, 4) is 11.3 Å². The van der Waals surface area contributed by atoms with Gasteiger partial charge in [0.1, 0.15) is 17.9 Å². The van der Waals surface area contributed by atoms with Crippen LogP contribution >= 0.6 is 0 Å². The maximum atomic E-state index is 13.7. The van der Waals surface area contributed by atoms with Crippen LogP contribution in [0.4, 0.5) is 17.6 Å². The predicted octanol–water partition coefficient (Wildman–Crippen LogP) is 3.76. The summed E-state index contributed by atoms with van der Waals surface area (Å²) in [6.45, 7) is 4.88. The quantitative estimate of drug-likeness (QED) is 0.668.